The molecule has 2 rings (SSSR count). The summed E-state index contributed by atoms with van der Waals surface area (Å²) in [6.45, 7) is 0. The zero-order valence-corrected chi connectivity index (χ0v) is 9.27. The summed E-state index contributed by atoms with van der Waals surface area (Å²) < 4.78 is 26.7. The fourth-order valence-electron chi connectivity index (χ4n) is 1.62. The highest BCUT2D eigenvalue weighted by atomic mass is 79.9. The van der Waals surface area contributed by atoms with Crippen molar-refractivity contribution in [2.45, 2.75) is 12.8 Å². The Labute approximate surface area is 93.9 Å². The lowest BCUT2D eigenvalue weighted by atomic mass is 10.0. The fourth-order valence-corrected chi connectivity index (χ4v) is 2.19. The third-order valence-electron chi connectivity index (χ3n) is 2.34. The molecule has 0 aromatic heterocycles. The molecule has 0 N–H and O–H groups in total. The number of halogens is 3. The van der Waals surface area contributed by atoms with Gasteiger partial charge in [-0.25, -0.2) is 8.78 Å². The first kappa shape index (κ1) is 10.5. The van der Waals surface area contributed by atoms with Gasteiger partial charge in [-0.1, -0.05) is 0 Å². The van der Waals surface area contributed by atoms with Crippen molar-refractivity contribution < 1.29 is 13.6 Å². The minimum Gasteiger partial charge on any atom is -0.295 e. The van der Waals surface area contributed by atoms with Crippen LogP contribution in [0.1, 0.15) is 18.4 Å². The summed E-state index contributed by atoms with van der Waals surface area (Å²) in [5.74, 6) is -1.07. The topological polar surface area (TPSA) is 17.1 Å². The number of hydrogen-bond donors (Lipinski definition) is 0. The minimum absolute atomic E-state index is 0.0411. The molecule has 1 nitrogen and oxygen atoms in total. The van der Waals surface area contributed by atoms with Gasteiger partial charge in [0.15, 0.2) is 5.78 Å². The van der Waals surface area contributed by atoms with Gasteiger partial charge in [-0.2, -0.15) is 0 Å². The van der Waals surface area contributed by atoms with Crippen LogP contribution >= 0.6 is 15.9 Å². The molecule has 0 fully saturated rings. The Hall–Kier alpha value is -1.03. The fraction of sp³-hybridized carbons (Fsp3) is 0.182. The largest absolute Gasteiger partial charge is 0.295 e. The summed E-state index contributed by atoms with van der Waals surface area (Å²) in [6, 6.07) is 2.12. The lowest BCUT2D eigenvalue weighted by Crippen LogP contribution is -1.92. The van der Waals surface area contributed by atoms with Crippen molar-refractivity contribution in [1.82, 2.24) is 0 Å². The maximum absolute atomic E-state index is 13.5. The average molecular weight is 273 g/mol. The Morgan fingerprint density at radius 1 is 1.13 bits per heavy atom. The molecular formula is C11H7BrF2O. The molecule has 0 heterocycles. The van der Waals surface area contributed by atoms with Gasteiger partial charge in [0.1, 0.15) is 11.6 Å². The number of carbonyl (C=O) groups is 1. The molecule has 0 atom stereocenters. The molecule has 1 aromatic rings. The Morgan fingerprint density at radius 3 is 2.40 bits per heavy atom. The van der Waals surface area contributed by atoms with Gasteiger partial charge in [0.05, 0.1) is 4.47 Å². The van der Waals surface area contributed by atoms with Crippen LogP contribution in [0, 0.1) is 11.6 Å². The molecule has 1 aliphatic rings. The molecule has 0 saturated carbocycles. The smallest absolute Gasteiger partial charge is 0.156 e. The van der Waals surface area contributed by atoms with E-state index >= 15 is 0 Å². The van der Waals surface area contributed by atoms with E-state index < -0.39 is 11.6 Å². The molecular weight excluding hydrogens is 266 g/mol. The van der Waals surface area contributed by atoms with E-state index in [2.05, 4.69) is 15.9 Å². The highest BCUT2D eigenvalue weighted by molar-refractivity contribution is 9.10. The molecule has 78 valence electrons. The van der Waals surface area contributed by atoms with Crippen molar-refractivity contribution in [2.24, 2.45) is 0 Å². The van der Waals surface area contributed by atoms with Gasteiger partial charge >= 0.3 is 0 Å². The van der Waals surface area contributed by atoms with Gasteiger partial charge in [0.25, 0.3) is 0 Å². The molecule has 0 saturated heterocycles. The Morgan fingerprint density at radius 2 is 1.80 bits per heavy atom. The van der Waals surface area contributed by atoms with E-state index in [9.17, 15) is 13.6 Å². The van der Waals surface area contributed by atoms with Crippen molar-refractivity contribution in [3.63, 3.8) is 0 Å². The normalized spacial score (nSPS) is 15.7. The van der Waals surface area contributed by atoms with Gasteiger partial charge in [-0.3, -0.25) is 4.79 Å². The van der Waals surface area contributed by atoms with Crippen LogP contribution in [0.25, 0.3) is 5.57 Å². The van der Waals surface area contributed by atoms with E-state index in [-0.39, 0.29) is 15.8 Å². The maximum atomic E-state index is 13.5. The molecule has 4 heteroatoms. The first-order valence-electron chi connectivity index (χ1n) is 4.47. The van der Waals surface area contributed by atoms with Crippen LogP contribution in [-0.2, 0) is 4.79 Å². The molecule has 1 aliphatic carbocycles. The zero-order valence-electron chi connectivity index (χ0n) is 7.69. The van der Waals surface area contributed by atoms with E-state index in [1.165, 1.54) is 6.08 Å². The molecule has 15 heavy (non-hydrogen) atoms. The number of allylic oxidation sites excluding steroid dienone is 2. The Kier molecular flexibility index (Phi) is 2.69. The molecule has 0 bridgehead atoms. The number of ketones is 1. The summed E-state index contributed by atoms with van der Waals surface area (Å²) >= 11 is 2.99. The molecule has 0 spiro atoms. The van der Waals surface area contributed by atoms with Crippen LogP contribution in [0.5, 0.6) is 0 Å². The summed E-state index contributed by atoms with van der Waals surface area (Å²) in [4.78, 5) is 11.0. The van der Waals surface area contributed by atoms with E-state index in [1.54, 1.807) is 0 Å². The van der Waals surface area contributed by atoms with Gasteiger partial charge in [-0.05, 0) is 46.1 Å². The van der Waals surface area contributed by atoms with Crippen molar-refractivity contribution >= 4 is 27.3 Å². The Bertz CT molecular complexity index is 466. The predicted octanol–water partition coefficient (Wildman–Crippen LogP) is 3.47. The quantitative estimate of drug-likeness (QED) is 0.716. The third kappa shape index (κ3) is 1.86. The Balaban J connectivity index is 2.57. The minimum atomic E-state index is -0.522. The van der Waals surface area contributed by atoms with Crippen molar-refractivity contribution in [3.05, 3.63) is 39.9 Å². The molecule has 1 aromatic carbocycles. The highest BCUT2D eigenvalue weighted by Gasteiger charge is 2.20. The summed E-state index contributed by atoms with van der Waals surface area (Å²) in [5.41, 5.74) is 0.727. The van der Waals surface area contributed by atoms with Crippen LogP contribution in [0.15, 0.2) is 22.7 Å². The lowest BCUT2D eigenvalue weighted by Gasteiger charge is -2.07. The molecule has 0 aliphatic heterocycles. The first-order chi connectivity index (χ1) is 7.09. The summed E-state index contributed by atoms with van der Waals surface area (Å²) in [6.07, 6.45) is 2.22. The van der Waals surface area contributed by atoms with E-state index in [1.807, 2.05) is 0 Å². The standard InChI is InChI=1S/C11H7BrF2O/c12-11-9(14)4-3-8(13)10(11)6-1-2-7(15)5-6/h3-5H,1-2H2. The van der Waals surface area contributed by atoms with Crippen molar-refractivity contribution in [1.29, 1.82) is 0 Å². The second kappa shape index (κ2) is 3.85. The van der Waals surface area contributed by atoms with Crippen LogP contribution in [-0.4, -0.2) is 5.78 Å². The SMILES string of the molecule is O=C1C=C(c2c(F)ccc(F)c2Br)CC1. The number of rotatable bonds is 1. The monoisotopic (exact) mass is 272 g/mol. The number of carbonyl (C=O) groups excluding carboxylic acids is 1. The van der Waals surface area contributed by atoms with Gasteiger partial charge in [-0.15, -0.1) is 0 Å². The highest BCUT2D eigenvalue weighted by Crippen LogP contribution is 2.34. The first-order valence-corrected chi connectivity index (χ1v) is 5.26. The summed E-state index contributed by atoms with van der Waals surface area (Å²) in [5, 5.41) is 0. The van der Waals surface area contributed by atoms with E-state index in [0.29, 0.717) is 18.4 Å². The zero-order chi connectivity index (χ0) is 11.0. The molecule has 0 radical (unpaired) electrons. The van der Waals surface area contributed by atoms with Crippen LogP contribution < -0.4 is 0 Å². The average Bonchev–Trinajstić information content (AvgIpc) is 2.59. The van der Waals surface area contributed by atoms with E-state index in [4.69, 9.17) is 0 Å². The second-order valence-electron chi connectivity index (χ2n) is 3.35. The number of benzene rings is 1. The lowest BCUT2D eigenvalue weighted by molar-refractivity contribution is -0.114. The van der Waals surface area contributed by atoms with E-state index in [0.717, 1.165) is 12.1 Å². The molecule has 0 amide bonds. The van der Waals surface area contributed by atoms with Crippen LogP contribution in [0.3, 0.4) is 0 Å². The second-order valence-corrected chi connectivity index (χ2v) is 4.15. The molecule has 0 unspecified atom stereocenters. The van der Waals surface area contributed by atoms with Crippen molar-refractivity contribution in [2.75, 3.05) is 0 Å². The third-order valence-corrected chi connectivity index (χ3v) is 3.12. The van der Waals surface area contributed by atoms with Gasteiger partial charge < -0.3 is 0 Å². The van der Waals surface area contributed by atoms with Crippen LogP contribution in [0.4, 0.5) is 8.78 Å². The van der Waals surface area contributed by atoms with Crippen molar-refractivity contribution in [3.8, 4) is 0 Å². The van der Waals surface area contributed by atoms with Gasteiger partial charge in [0, 0.05) is 12.0 Å². The van der Waals surface area contributed by atoms with Crippen LogP contribution in [0.2, 0.25) is 0 Å². The van der Waals surface area contributed by atoms with Gasteiger partial charge in [0.2, 0.25) is 0 Å². The summed E-state index contributed by atoms with van der Waals surface area (Å²) in [7, 11) is 0. The number of hydrogen-bond acceptors (Lipinski definition) is 1. The predicted molar refractivity (Wildman–Crippen MR) is 56.3 cm³/mol. The maximum Gasteiger partial charge on any atom is 0.156 e.